The van der Waals surface area contributed by atoms with E-state index in [0.717, 1.165) is 43.0 Å². The number of non-ortho nitro benzene ring substituents is 1. The normalized spacial score (nSPS) is 18.8. The van der Waals surface area contributed by atoms with Crippen LogP contribution in [0.3, 0.4) is 0 Å². The van der Waals surface area contributed by atoms with Crippen LogP contribution in [0.15, 0.2) is 24.3 Å². The smallest absolute Gasteiger partial charge is 0.269 e. The first-order valence-corrected chi connectivity index (χ1v) is 9.69. The minimum Gasteiger partial charge on any atom is -0.355 e. The van der Waals surface area contributed by atoms with Crippen molar-refractivity contribution in [1.29, 1.82) is 0 Å². The zero-order valence-electron chi connectivity index (χ0n) is 15.0. The molecular weight excluding hydrogens is 330 g/mol. The Labute approximate surface area is 153 Å². The van der Waals surface area contributed by atoms with Gasteiger partial charge in [0.2, 0.25) is 0 Å². The Bertz CT molecular complexity index is 759. The van der Waals surface area contributed by atoms with Crippen molar-refractivity contribution in [2.24, 2.45) is 0 Å². The molecular formula is C19H25N5O2. The van der Waals surface area contributed by atoms with Crippen molar-refractivity contribution in [2.45, 2.75) is 57.4 Å². The second-order valence-corrected chi connectivity index (χ2v) is 7.35. The van der Waals surface area contributed by atoms with Gasteiger partial charge in [0.05, 0.1) is 11.0 Å². The summed E-state index contributed by atoms with van der Waals surface area (Å²) in [4.78, 5) is 13.0. The van der Waals surface area contributed by atoms with Crippen LogP contribution in [0.25, 0.3) is 11.3 Å². The summed E-state index contributed by atoms with van der Waals surface area (Å²) in [6.07, 6.45) is 9.76. The number of hydrogen-bond donors (Lipinski definition) is 0. The standard InChI is InChI=1S/C19H25N5O2/c25-24(26)17-11-9-15(10-12-17)18-19(22-13-5-2-6-14-22)23(21-20-18)16-7-3-1-4-8-16/h9-12,16H,1-8,13-14H2. The number of nitro benzene ring substituents is 1. The Morgan fingerprint density at radius 3 is 2.27 bits per heavy atom. The third-order valence-electron chi connectivity index (χ3n) is 5.60. The molecule has 4 rings (SSSR count). The lowest BCUT2D eigenvalue weighted by molar-refractivity contribution is -0.384. The van der Waals surface area contributed by atoms with E-state index in [1.807, 2.05) is 0 Å². The highest BCUT2D eigenvalue weighted by atomic mass is 16.6. The lowest BCUT2D eigenvalue weighted by atomic mass is 9.95. The van der Waals surface area contributed by atoms with Gasteiger partial charge in [-0.25, -0.2) is 4.68 Å². The van der Waals surface area contributed by atoms with Crippen molar-refractivity contribution in [3.8, 4) is 11.3 Å². The molecule has 1 saturated carbocycles. The molecule has 1 aromatic heterocycles. The number of aromatic nitrogens is 3. The highest BCUT2D eigenvalue weighted by Gasteiger charge is 2.27. The Kier molecular flexibility index (Phi) is 4.86. The van der Waals surface area contributed by atoms with Crippen LogP contribution in [-0.2, 0) is 0 Å². The molecule has 1 aliphatic heterocycles. The van der Waals surface area contributed by atoms with Crippen LogP contribution in [0, 0.1) is 10.1 Å². The molecule has 26 heavy (non-hydrogen) atoms. The summed E-state index contributed by atoms with van der Waals surface area (Å²) in [6.45, 7) is 2.06. The van der Waals surface area contributed by atoms with Crippen molar-refractivity contribution >= 4 is 11.5 Å². The second-order valence-electron chi connectivity index (χ2n) is 7.35. The number of hydrogen-bond acceptors (Lipinski definition) is 5. The third-order valence-corrected chi connectivity index (χ3v) is 5.60. The van der Waals surface area contributed by atoms with Gasteiger partial charge in [0.15, 0.2) is 5.82 Å². The van der Waals surface area contributed by atoms with Gasteiger partial charge in [-0.2, -0.15) is 0 Å². The van der Waals surface area contributed by atoms with E-state index in [4.69, 9.17) is 0 Å². The molecule has 1 aromatic carbocycles. The lowest BCUT2D eigenvalue weighted by Gasteiger charge is -2.32. The zero-order valence-corrected chi connectivity index (χ0v) is 15.0. The topological polar surface area (TPSA) is 77.1 Å². The Hall–Kier alpha value is -2.44. The van der Waals surface area contributed by atoms with Crippen molar-refractivity contribution in [3.63, 3.8) is 0 Å². The van der Waals surface area contributed by atoms with Crippen molar-refractivity contribution in [3.05, 3.63) is 34.4 Å². The fourth-order valence-electron chi connectivity index (χ4n) is 4.19. The fourth-order valence-corrected chi connectivity index (χ4v) is 4.19. The molecule has 2 aromatic rings. The van der Waals surface area contributed by atoms with Gasteiger partial charge in [0.25, 0.3) is 5.69 Å². The van der Waals surface area contributed by atoms with Gasteiger partial charge in [0, 0.05) is 30.8 Å². The highest BCUT2D eigenvalue weighted by Crippen LogP contribution is 2.37. The number of piperidine rings is 1. The predicted octanol–water partition coefficient (Wildman–Crippen LogP) is 4.35. The summed E-state index contributed by atoms with van der Waals surface area (Å²) in [6, 6.07) is 7.10. The molecule has 0 bridgehead atoms. The Balaban J connectivity index is 1.73. The van der Waals surface area contributed by atoms with Crippen LogP contribution in [-0.4, -0.2) is 33.0 Å². The minimum atomic E-state index is -0.367. The number of anilines is 1. The van der Waals surface area contributed by atoms with Crippen LogP contribution < -0.4 is 4.90 Å². The first-order valence-electron chi connectivity index (χ1n) is 9.69. The molecule has 0 atom stereocenters. The number of benzene rings is 1. The van der Waals surface area contributed by atoms with Gasteiger partial charge in [0.1, 0.15) is 5.69 Å². The van der Waals surface area contributed by atoms with Gasteiger partial charge in [-0.15, -0.1) is 5.10 Å². The maximum absolute atomic E-state index is 10.9. The number of nitrogens with zero attached hydrogens (tertiary/aromatic N) is 5. The molecule has 2 heterocycles. The fraction of sp³-hybridized carbons (Fsp3) is 0.579. The molecule has 0 N–H and O–H groups in total. The van der Waals surface area contributed by atoms with Crippen LogP contribution in [0.2, 0.25) is 0 Å². The van der Waals surface area contributed by atoms with Crippen LogP contribution in [0.4, 0.5) is 11.5 Å². The quantitative estimate of drug-likeness (QED) is 0.602. The summed E-state index contributed by atoms with van der Waals surface area (Å²) in [5, 5.41) is 20.0. The van der Waals surface area contributed by atoms with Gasteiger partial charge in [-0.1, -0.05) is 24.5 Å². The lowest BCUT2D eigenvalue weighted by Crippen LogP contribution is -2.33. The monoisotopic (exact) mass is 355 g/mol. The molecule has 0 amide bonds. The van der Waals surface area contributed by atoms with Gasteiger partial charge < -0.3 is 4.90 Å². The predicted molar refractivity (Wildman–Crippen MR) is 100 cm³/mol. The molecule has 0 unspecified atom stereocenters. The minimum absolute atomic E-state index is 0.105. The van der Waals surface area contributed by atoms with Gasteiger partial charge in [-0.05, 0) is 44.2 Å². The molecule has 0 radical (unpaired) electrons. The molecule has 2 fully saturated rings. The maximum atomic E-state index is 10.9. The van der Waals surface area contributed by atoms with E-state index in [1.54, 1.807) is 24.3 Å². The number of rotatable bonds is 4. The largest absolute Gasteiger partial charge is 0.355 e. The van der Waals surface area contributed by atoms with Crippen molar-refractivity contribution < 1.29 is 4.92 Å². The summed E-state index contributed by atoms with van der Waals surface area (Å²) in [7, 11) is 0. The average Bonchev–Trinajstić information content (AvgIpc) is 3.14. The average molecular weight is 355 g/mol. The van der Waals surface area contributed by atoms with Crippen molar-refractivity contribution in [2.75, 3.05) is 18.0 Å². The van der Waals surface area contributed by atoms with E-state index in [2.05, 4.69) is 19.9 Å². The maximum Gasteiger partial charge on any atom is 0.269 e. The Morgan fingerprint density at radius 2 is 1.62 bits per heavy atom. The molecule has 0 spiro atoms. The first-order chi connectivity index (χ1) is 12.7. The molecule has 1 saturated heterocycles. The highest BCUT2D eigenvalue weighted by molar-refractivity contribution is 5.73. The summed E-state index contributed by atoms with van der Waals surface area (Å²) < 4.78 is 2.14. The van der Waals surface area contributed by atoms with Gasteiger partial charge >= 0.3 is 0 Å². The Morgan fingerprint density at radius 1 is 0.962 bits per heavy atom. The first kappa shape index (κ1) is 17.0. The van der Waals surface area contributed by atoms with E-state index in [1.165, 1.54) is 38.5 Å². The van der Waals surface area contributed by atoms with E-state index < -0.39 is 0 Å². The summed E-state index contributed by atoms with van der Waals surface area (Å²) >= 11 is 0. The molecule has 2 aliphatic rings. The second kappa shape index (κ2) is 7.43. The van der Waals surface area contributed by atoms with Crippen molar-refractivity contribution in [1.82, 2.24) is 15.0 Å². The van der Waals surface area contributed by atoms with Crippen LogP contribution in [0.1, 0.15) is 57.4 Å². The van der Waals surface area contributed by atoms with E-state index in [-0.39, 0.29) is 10.6 Å². The van der Waals surface area contributed by atoms with E-state index in [0.29, 0.717) is 6.04 Å². The van der Waals surface area contributed by atoms with Gasteiger partial charge in [-0.3, -0.25) is 10.1 Å². The third kappa shape index (κ3) is 3.30. The molecule has 138 valence electrons. The SMILES string of the molecule is O=[N+]([O-])c1ccc(-c2nnn(C3CCCCC3)c2N2CCCCC2)cc1. The zero-order chi connectivity index (χ0) is 17.9. The molecule has 7 nitrogen and oxygen atoms in total. The summed E-state index contributed by atoms with van der Waals surface area (Å²) in [5.41, 5.74) is 1.86. The summed E-state index contributed by atoms with van der Waals surface area (Å²) in [5.74, 6) is 1.10. The van der Waals surface area contributed by atoms with Crippen LogP contribution >= 0.6 is 0 Å². The van der Waals surface area contributed by atoms with E-state index in [9.17, 15) is 10.1 Å². The molecule has 1 aliphatic carbocycles. The van der Waals surface area contributed by atoms with Crippen LogP contribution in [0.5, 0.6) is 0 Å². The number of nitro groups is 1. The van der Waals surface area contributed by atoms with E-state index >= 15 is 0 Å². The molecule has 7 heteroatoms.